The van der Waals surface area contributed by atoms with Crippen LogP contribution in [-0.4, -0.2) is 50.0 Å². The van der Waals surface area contributed by atoms with Gasteiger partial charge < -0.3 is 10.2 Å². The summed E-state index contributed by atoms with van der Waals surface area (Å²) in [7, 11) is -3.95. The molecule has 3 aromatic rings. The molecule has 0 aliphatic heterocycles. The third-order valence-electron chi connectivity index (χ3n) is 7.12. The molecule has 1 aliphatic rings. The molecule has 0 aromatic heterocycles. The van der Waals surface area contributed by atoms with E-state index in [1.54, 1.807) is 12.1 Å². The van der Waals surface area contributed by atoms with Crippen LogP contribution < -0.4 is 9.62 Å². The van der Waals surface area contributed by atoms with Gasteiger partial charge in [-0.2, -0.15) is 0 Å². The summed E-state index contributed by atoms with van der Waals surface area (Å²) in [5.74, 6) is -0.810. The van der Waals surface area contributed by atoms with E-state index in [4.69, 9.17) is 23.2 Å². The second-order valence-electron chi connectivity index (χ2n) is 10.2. The lowest BCUT2D eigenvalue weighted by molar-refractivity contribution is -0.140. The number of halogens is 3. The summed E-state index contributed by atoms with van der Waals surface area (Å²) in [5, 5.41) is 3.33. The molecule has 218 valence electrons. The van der Waals surface area contributed by atoms with E-state index in [1.165, 1.54) is 11.0 Å². The Labute approximate surface area is 260 Å². The van der Waals surface area contributed by atoms with Crippen molar-refractivity contribution in [3.8, 4) is 0 Å². The highest BCUT2D eigenvalue weighted by Gasteiger charge is 2.34. The number of nitrogens with one attached hydrogen (secondary N) is 1. The van der Waals surface area contributed by atoms with Gasteiger partial charge in [-0.15, -0.1) is 0 Å². The highest BCUT2D eigenvalue weighted by Crippen LogP contribution is 2.34. The first-order valence-corrected chi connectivity index (χ1v) is 16.7. The zero-order chi connectivity index (χ0) is 29.6. The maximum atomic E-state index is 14.2. The molecule has 4 rings (SSSR count). The summed E-state index contributed by atoms with van der Waals surface area (Å²) in [4.78, 5) is 29.5. The first-order chi connectivity index (χ1) is 19.5. The Balaban J connectivity index is 1.74. The molecular formula is C30H32BrCl2N3O4S. The van der Waals surface area contributed by atoms with Crippen molar-refractivity contribution in [2.75, 3.05) is 17.1 Å². The summed E-state index contributed by atoms with van der Waals surface area (Å²) in [6.45, 7) is -0.458. The molecule has 3 aromatic carbocycles. The van der Waals surface area contributed by atoms with Gasteiger partial charge in [-0.3, -0.25) is 13.9 Å². The molecule has 41 heavy (non-hydrogen) atoms. The standard InChI is InChI=1S/C30H32BrCl2N3O4S/c1-41(39,40)36(26-13-7-12-25(32)29(26)33)20-28(37)35(19-22-14-16-23(31)17-15-22)27(18-21-8-3-2-4-9-21)30(38)34-24-10-5-6-11-24/h2-4,7-9,12-17,24,27H,5-6,10-11,18-20H2,1H3,(H,34,38)/t27-/m0/s1. The maximum absolute atomic E-state index is 14.2. The smallest absolute Gasteiger partial charge is 0.244 e. The molecule has 0 spiro atoms. The Kier molecular flexibility index (Phi) is 10.7. The van der Waals surface area contributed by atoms with Crippen LogP contribution in [0.5, 0.6) is 0 Å². The fraction of sp³-hybridized carbons (Fsp3) is 0.333. The number of carbonyl (C=O) groups is 2. The van der Waals surface area contributed by atoms with Crippen LogP contribution in [0.3, 0.4) is 0 Å². The van der Waals surface area contributed by atoms with Crippen LogP contribution in [0.25, 0.3) is 0 Å². The number of rotatable bonds is 11. The monoisotopic (exact) mass is 679 g/mol. The van der Waals surface area contributed by atoms with Crippen molar-refractivity contribution >= 4 is 66.7 Å². The number of nitrogens with zero attached hydrogens (tertiary/aromatic N) is 2. The van der Waals surface area contributed by atoms with Gasteiger partial charge in [0.05, 0.1) is 22.0 Å². The number of hydrogen-bond acceptors (Lipinski definition) is 4. The fourth-order valence-corrected chi connectivity index (χ4v) is 6.55. The number of carbonyl (C=O) groups excluding carboxylic acids is 2. The van der Waals surface area contributed by atoms with E-state index in [-0.39, 0.29) is 40.6 Å². The first kappa shape index (κ1) is 31.3. The Bertz CT molecular complexity index is 1470. The highest BCUT2D eigenvalue weighted by molar-refractivity contribution is 9.10. The minimum atomic E-state index is -3.95. The van der Waals surface area contributed by atoms with Gasteiger partial charge in [0, 0.05) is 23.5 Å². The van der Waals surface area contributed by atoms with Gasteiger partial charge in [0.25, 0.3) is 0 Å². The van der Waals surface area contributed by atoms with Crippen molar-refractivity contribution in [3.63, 3.8) is 0 Å². The Hall–Kier alpha value is -2.59. The Morgan fingerprint density at radius 3 is 2.24 bits per heavy atom. The van der Waals surface area contributed by atoms with Crippen molar-refractivity contribution in [3.05, 3.63) is 98.4 Å². The quantitative estimate of drug-likeness (QED) is 0.261. The molecule has 1 fully saturated rings. The molecule has 1 N–H and O–H groups in total. The Morgan fingerprint density at radius 1 is 0.951 bits per heavy atom. The summed E-state index contributed by atoms with van der Waals surface area (Å²) in [5.41, 5.74) is 1.76. The number of hydrogen-bond donors (Lipinski definition) is 1. The SMILES string of the molecule is CS(=O)(=O)N(CC(=O)N(Cc1ccc(Br)cc1)[C@@H](Cc1ccccc1)C(=O)NC1CCCC1)c1cccc(Cl)c1Cl. The molecule has 1 saturated carbocycles. The van der Waals surface area contributed by atoms with E-state index in [0.717, 1.165) is 51.8 Å². The van der Waals surface area contributed by atoms with E-state index in [0.29, 0.717) is 0 Å². The molecular weight excluding hydrogens is 649 g/mol. The van der Waals surface area contributed by atoms with Crippen molar-refractivity contribution in [1.29, 1.82) is 0 Å². The van der Waals surface area contributed by atoms with Gasteiger partial charge in [-0.25, -0.2) is 8.42 Å². The summed E-state index contributed by atoms with van der Waals surface area (Å²) in [6.07, 6.45) is 5.13. The van der Waals surface area contributed by atoms with Crippen LogP contribution in [-0.2, 0) is 32.6 Å². The minimum absolute atomic E-state index is 0.0201. The summed E-state index contributed by atoms with van der Waals surface area (Å²) >= 11 is 16.0. The molecule has 0 heterocycles. The van der Waals surface area contributed by atoms with Crippen LogP contribution in [0, 0.1) is 0 Å². The third-order valence-corrected chi connectivity index (χ3v) is 9.58. The van der Waals surface area contributed by atoms with Gasteiger partial charge in [0.15, 0.2) is 0 Å². The van der Waals surface area contributed by atoms with Crippen molar-refractivity contribution < 1.29 is 18.0 Å². The van der Waals surface area contributed by atoms with Crippen LogP contribution in [0.4, 0.5) is 5.69 Å². The van der Waals surface area contributed by atoms with Crippen LogP contribution in [0.2, 0.25) is 10.0 Å². The van der Waals surface area contributed by atoms with Gasteiger partial charge in [0.1, 0.15) is 12.6 Å². The predicted molar refractivity (Wildman–Crippen MR) is 168 cm³/mol. The normalized spacial score (nSPS) is 14.4. The number of benzene rings is 3. The third kappa shape index (κ3) is 8.47. The van der Waals surface area contributed by atoms with Gasteiger partial charge >= 0.3 is 0 Å². The van der Waals surface area contributed by atoms with Gasteiger partial charge in [0.2, 0.25) is 21.8 Å². The van der Waals surface area contributed by atoms with Gasteiger partial charge in [-0.05, 0) is 48.2 Å². The molecule has 1 atom stereocenters. The zero-order valence-electron chi connectivity index (χ0n) is 22.6. The van der Waals surface area contributed by atoms with Crippen molar-refractivity contribution in [1.82, 2.24) is 10.2 Å². The molecule has 11 heteroatoms. The van der Waals surface area contributed by atoms with E-state index in [1.807, 2.05) is 54.6 Å². The molecule has 0 saturated heterocycles. The second-order valence-corrected chi connectivity index (χ2v) is 13.8. The topological polar surface area (TPSA) is 86.8 Å². The molecule has 0 bridgehead atoms. The van der Waals surface area contributed by atoms with Crippen molar-refractivity contribution in [2.45, 2.75) is 50.7 Å². The van der Waals surface area contributed by atoms with E-state index in [2.05, 4.69) is 21.2 Å². The lowest BCUT2D eigenvalue weighted by Gasteiger charge is -2.34. The molecule has 0 unspecified atom stereocenters. The predicted octanol–water partition coefficient (Wildman–Crippen LogP) is 6.22. The Morgan fingerprint density at radius 2 is 1.61 bits per heavy atom. The zero-order valence-corrected chi connectivity index (χ0v) is 26.5. The number of sulfonamides is 1. The fourth-order valence-electron chi connectivity index (χ4n) is 4.99. The minimum Gasteiger partial charge on any atom is -0.352 e. The number of amides is 2. The van der Waals surface area contributed by atoms with Crippen LogP contribution >= 0.6 is 39.1 Å². The molecule has 1 aliphatic carbocycles. The highest BCUT2D eigenvalue weighted by atomic mass is 79.9. The van der Waals surface area contributed by atoms with Crippen molar-refractivity contribution in [2.24, 2.45) is 0 Å². The summed E-state index contributed by atoms with van der Waals surface area (Å²) < 4.78 is 27.7. The van der Waals surface area contributed by atoms with Gasteiger partial charge in [-0.1, -0.05) is 101 Å². The summed E-state index contributed by atoms with van der Waals surface area (Å²) in [6, 6.07) is 20.7. The van der Waals surface area contributed by atoms with E-state index >= 15 is 0 Å². The largest absolute Gasteiger partial charge is 0.352 e. The maximum Gasteiger partial charge on any atom is 0.244 e. The molecule has 2 amide bonds. The molecule has 0 radical (unpaired) electrons. The second kappa shape index (κ2) is 14.1. The lowest BCUT2D eigenvalue weighted by atomic mass is 10.0. The van der Waals surface area contributed by atoms with Crippen LogP contribution in [0.1, 0.15) is 36.8 Å². The van der Waals surface area contributed by atoms with E-state index < -0.39 is 28.5 Å². The average molecular weight is 681 g/mol. The average Bonchev–Trinajstić information content (AvgIpc) is 3.45. The lowest BCUT2D eigenvalue weighted by Crippen LogP contribution is -2.54. The number of anilines is 1. The molecule has 7 nitrogen and oxygen atoms in total. The van der Waals surface area contributed by atoms with E-state index in [9.17, 15) is 18.0 Å². The van der Waals surface area contributed by atoms with Crippen LogP contribution in [0.15, 0.2) is 77.3 Å². The first-order valence-electron chi connectivity index (χ1n) is 13.3.